The highest BCUT2D eigenvalue weighted by Gasteiger charge is 2.10. The molecule has 0 saturated carbocycles. The topological polar surface area (TPSA) is 41.1 Å². The van der Waals surface area contributed by atoms with Crippen LogP contribution in [-0.4, -0.2) is 12.1 Å². The summed E-state index contributed by atoms with van der Waals surface area (Å²) in [7, 11) is 0. The lowest BCUT2D eigenvalue weighted by Crippen LogP contribution is -2.37. The quantitative estimate of drug-likeness (QED) is 0.772. The van der Waals surface area contributed by atoms with Crippen LogP contribution in [0.5, 0.6) is 0 Å². The van der Waals surface area contributed by atoms with Gasteiger partial charge in [0.05, 0.1) is 0 Å². The zero-order valence-electron chi connectivity index (χ0n) is 10.7. The fraction of sp³-hybridized carbons (Fsp3) is 0.500. The number of para-hydroxylation sites is 1. The molecule has 0 saturated heterocycles. The number of hydrogen-bond donors (Lipinski definition) is 2. The molecule has 0 aliphatic carbocycles. The minimum Gasteiger partial charge on any atom is -0.335 e. The minimum absolute atomic E-state index is 0.108. The van der Waals surface area contributed by atoms with Gasteiger partial charge in [0.1, 0.15) is 0 Å². The average molecular weight is 234 g/mol. The third-order valence-corrected chi connectivity index (χ3v) is 2.64. The number of nitrogens with one attached hydrogen (secondary N) is 2. The molecule has 0 spiro atoms. The van der Waals surface area contributed by atoms with Crippen molar-refractivity contribution in [2.75, 3.05) is 5.32 Å². The van der Waals surface area contributed by atoms with Crippen LogP contribution in [0.25, 0.3) is 0 Å². The first-order valence-corrected chi connectivity index (χ1v) is 6.38. The van der Waals surface area contributed by atoms with Crippen molar-refractivity contribution in [2.24, 2.45) is 0 Å². The maximum absolute atomic E-state index is 11.8. The Morgan fingerprint density at radius 3 is 2.24 bits per heavy atom. The van der Waals surface area contributed by atoms with E-state index in [0.29, 0.717) is 0 Å². The molecule has 3 heteroatoms. The number of carbonyl (C=O) groups excluding carboxylic acids is 1. The zero-order valence-corrected chi connectivity index (χ0v) is 10.7. The summed E-state index contributed by atoms with van der Waals surface area (Å²) < 4.78 is 0. The predicted molar refractivity (Wildman–Crippen MR) is 72.2 cm³/mol. The Hall–Kier alpha value is -1.51. The van der Waals surface area contributed by atoms with Gasteiger partial charge in [0.2, 0.25) is 0 Å². The molecule has 0 aliphatic rings. The summed E-state index contributed by atoms with van der Waals surface area (Å²) in [5.74, 6) is 0. The number of urea groups is 1. The number of hydrogen-bond acceptors (Lipinski definition) is 1. The van der Waals surface area contributed by atoms with Crippen molar-refractivity contribution in [2.45, 2.75) is 45.6 Å². The third-order valence-electron chi connectivity index (χ3n) is 2.64. The van der Waals surface area contributed by atoms with Crippen molar-refractivity contribution in [3.05, 3.63) is 30.3 Å². The summed E-state index contributed by atoms with van der Waals surface area (Å²) in [4.78, 5) is 11.8. The molecule has 0 radical (unpaired) electrons. The Morgan fingerprint density at radius 2 is 1.71 bits per heavy atom. The second-order valence-electron chi connectivity index (χ2n) is 4.24. The maximum atomic E-state index is 11.8. The fourth-order valence-corrected chi connectivity index (χ4v) is 1.86. The summed E-state index contributed by atoms with van der Waals surface area (Å²) in [5.41, 5.74) is 0.830. The summed E-state index contributed by atoms with van der Waals surface area (Å²) in [6, 6.07) is 9.69. The number of carbonyl (C=O) groups is 1. The number of amides is 2. The van der Waals surface area contributed by atoms with E-state index in [9.17, 15) is 4.79 Å². The van der Waals surface area contributed by atoms with Crippen LogP contribution >= 0.6 is 0 Å². The van der Waals surface area contributed by atoms with Crippen LogP contribution in [0.2, 0.25) is 0 Å². The van der Waals surface area contributed by atoms with Crippen LogP contribution in [0, 0.1) is 0 Å². The summed E-state index contributed by atoms with van der Waals surface area (Å²) in [6.45, 7) is 4.28. The van der Waals surface area contributed by atoms with Crippen LogP contribution in [-0.2, 0) is 0 Å². The molecule has 0 fully saturated rings. The van der Waals surface area contributed by atoms with E-state index in [1.54, 1.807) is 0 Å². The standard InChI is InChI=1S/C14H22N2O/c1-3-8-12(9-4-2)15-14(17)16-13-10-6-5-7-11-13/h5-7,10-12H,3-4,8-9H2,1-2H3,(H2,15,16,17). The molecule has 0 atom stereocenters. The van der Waals surface area contributed by atoms with Gasteiger partial charge in [-0.2, -0.15) is 0 Å². The highest BCUT2D eigenvalue weighted by Crippen LogP contribution is 2.07. The van der Waals surface area contributed by atoms with Gasteiger partial charge in [-0.25, -0.2) is 4.79 Å². The zero-order chi connectivity index (χ0) is 12.5. The fourth-order valence-electron chi connectivity index (χ4n) is 1.86. The lowest BCUT2D eigenvalue weighted by molar-refractivity contribution is 0.246. The Kier molecular flexibility index (Phi) is 6.15. The first kappa shape index (κ1) is 13.6. The molecule has 0 unspecified atom stereocenters. The smallest absolute Gasteiger partial charge is 0.319 e. The Bertz CT molecular complexity index is 318. The van der Waals surface area contributed by atoms with Crippen LogP contribution in [0.3, 0.4) is 0 Å². The van der Waals surface area contributed by atoms with Crippen molar-refractivity contribution in [1.29, 1.82) is 0 Å². The largest absolute Gasteiger partial charge is 0.335 e. The molecule has 1 rings (SSSR count). The van der Waals surface area contributed by atoms with Crippen molar-refractivity contribution in [3.8, 4) is 0 Å². The minimum atomic E-state index is -0.108. The molecule has 0 aliphatic heterocycles. The van der Waals surface area contributed by atoms with E-state index in [1.165, 1.54) is 0 Å². The molecule has 1 aromatic carbocycles. The van der Waals surface area contributed by atoms with Gasteiger partial charge in [0.25, 0.3) is 0 Å². The van der Waals surface area contributed by atoms with E-state index in [4.69, 9.17) is 0 Å². The summed E-state index contributed by atoms with van der Waals surface area (Å²) in [5, 5.41) is 5.86. The van der Waals surface area contributed by atoms with Gasteiger partial charge >= 0.3 is 6.03 Å². The number of rotatable bonds is 6. The molecular weight excluding hydrogens is 212 g/mol. The van der Waals surface area contributed by atoms with Crippen LogP contribution < -0.4 is 10.6 Å². The van der Waals surface area contributed by atoms with E-state index in [2.05, 4.69) is 24.5 Å². The lowest BCUT2D eigenvalue weighted by atomic mass is 10.1. The molecule has 0 bridgehead atoms. The highest BCUT2D eigenvalue weighted by atomic mass is 16.2. The summed E-state index contributed by atoms with van der Waals surface area (Å²) in [6.07, 6.45) is 4.26. The lowest BCUT2D eigenvalue weighted by Gasteiger charge is -2.17. The Labute approximate surface area is 104 Å². The van der Waals surface area contributed by atoms with E-state index in [-0.39, 0.29) is 12.1 Å². The van der Waals surface area contributed by atoms with Crippen molar-refractivity contribution < 1.29 is 4.79 Å². The molecule has 0 heterocycles. The van der Waals surface area contributed by atoms with Gasteiger partial charge in [-0.15, -0.1) is 0 Å². The second-order valence-corrected chi connectivity index (χ2v) is 4.24. The monoisotopic (exact) mass is 234 g/mol. The molecule has 94 valence electrons. The highest BCUT2D eigenvalue weighted by molar-refractivity contribution is 5.89. The van der Waals surface area contributed by atoms with Crippen LogP contribution in [0.4, 0.5) is 10.5 Å². The number of anilines is 1. The van der Waals surface area contributed by atoms with Gasteiger partial charge in [-0.3, -0.25) is 0 Å². The Morgan fingerprint density at radius 1 is 1.12 bits per heavy atom. The second kappa shape index (κ2) is 7.71. The van der Waals surface area contributed by atoms with Gasteiger partial charge in [-0.05, 0) is 25.0 Å². The summed E-state index contributed by atoms with van der Waals surface area (Å²) >= 11 is 0. The van der Waals surface area contributed by atoms with Crippen molar-refractivity contribution in [3.63, 3.8) is 0 Å². The van der Waals surface area contributed by atoms with Gasteiger partial charge < -0.3 is 10.6 Å². The van der Waals surface area contributed by atoms with Crippen LogP contribution in [0.15, 0.2) is 30.3 Å². The molecule has 0 aromatic heterocycles. The predicted octanol–water partition coefficient (Wildman–Crippen LogP) is 3.78. The van der Waals surface area contributed by atoms with E-state index < -0.39 is 0 Å². The SMILES string of the molecule is CCCC(CCC)NC(=O)Nc1ccccc1. The molecule has 2 amide bonds. The molecule has 2 N–H and O–H groups in total. The molecule has 3 nitrogen and oxygen atoms in total. The van der Waals surface area contributed by atoms with Crippen LogP contribution in [0.1, 0.15) is 39.5 Å². The maximum Gasteiger partial charge on any atom is 0.319 e. The Balaban J connectivity index is 2.42. The van der Waals surface area contributed by atoms with Gasteiger partial charge in [-0.1, -0.05) is 44.9 Å². The van der Waals surface area contributed by atoms with Crippen molar-refractivity contribution >= 4 is 11.7 Å². The van der Waals surface area contributed by atoms with E-state index in [1.807, 2.05) is 30.3 Å². The third kappa shape index (κ3) is 5.38. The van der Waals surface area contributed by atoms with E-state index in [0.717, 1.165) is 31.4 Å². The first-order chi connectivity index (χ1) is 8.26. The number of benzene rings is 1. The molecule has 1 aromatic rings. The molecule has 17 heavy (non-hydrogen) atoms. The van der Waals surface area contributed by atoms with E-state index >= 15 is 0 Å². The van der Waals surface area contributed by atoms with Gasteiger partial charge in [0.15, 0.2) is 0 Å². The average Bonchev–Trinajstić information content (AvgIpc) is 2.30. The van der Waals surface area contributed by atoms with Crippen molar-refractivity contribution in [1.82, 2.24) is 5.32 Å². The first-order valence-electron chi connectivity index (χ1n) is 6.38. The normalized spacial score (nSPS) is 10.3. The van der Waals surface area contributed by atoms with Gasteiger partial charge in [0, 0.05) is 11.7 Å². The molecular formula is C14H22N2O.